The van der Waals surface area contributed by atoms with Crippen LogP contribution >= 0.6 is 0 Å². The van der Waals surface area contributed by atoms with Gasteiger partial charge in [0.05, 0.1) is 6.10 Å². The van der Waals surface area contributed by atoms with E-state index in [0.29, 0.717) is 19.4 Å². The number of aliphatic hydroxyl groups excluding tert-OH is 1. The third-order valence-electron chi connectivity index (χ3n) is 3.96. The highest BCUT2D eigenvalue weighted by molar-refractivity contribution is 5.68. The maximum atomic E-state index is 13.8. The molecule has 0 spiro atoms. The van der Waals surface area contributed by atoms with Gasteiger partial charge in [0.2, 0.25) is 0 Å². The largest absolute Gasteiger partial charge is 0.444 e. The molecule has 2 rings (SSSR count). The molecule has 0 aliphatic carbocycles. The fourth-order valence-corrected chi connectivity index (χ4v) is 2.86. The number of likely N-dealkylation sites (tertiary alicyclic amines) is 1. The average molecular weight is 323 g/mol. The van der Waals surface area contributed by atoms with Crippen LogP contribution in [0.5, 0.6) is 0 Å². The molecule has 0 bridgehead atoms. The molecule has 0 aromatic heterocycles. The second-order valence-corrected chi connectivity index (χ2v) is 7.11. The molecule has 0 unspecified atom stereocenters. The van der Waals surface area contributed by atoms with Gasteiger partial charge in [0.1, 0.15) is 11.8 Å². The summed E-state index contributed by atoms with van der Waals surface area (Å²) in [6.07, 6.45) is -1.24. The van der Waals surface area contributed by atoms with E-state index in [0.717, 1.165) is 5.56 Å². The Hall–Kier alpha value is -1.62. The number of aliphatic hydroxyl groups is 1. The lowest BCUT2D eigenvalue weighted by molar-refractivity contribution is -0.00666. The van der Waals surface area contributed by atoms with Crippen LogP contribution in [0.4, 0.5) is 9.18 Å². The molecule has 1 fully saturated rings. The predicted molar refractivity (Wildman–Crippen MR) is 86.9 cm³/mol. The van der Waals surface area contributed by atoms with E-state index in [4.69, 9.17) is 4.74 Å². The molecule has 1 N–H and O–H groups in total. The predicted octanol–water partition coefficient (Wildman–Crippen LogP) is 3.85. The van der Waals surface area contributed by atoms with Crippen LogP contribution in [0.25, 0.3) is 0 Å². The Bertz CT molecular complexity index is 515. The zero-order valence-corrected chi connectivity index (χ0v) is 14.0. The molecule has 3 atom stereocenters. The van der Waals surface area contributed by atoms with Crippen LogP contribution in [0, 0.1) is 0 Å². The lowest BCUT2D eigenvalue weighted by atomic mass is 9.93. The summed E-state index contributed by atoms with van der Waals surface area (Å²) in [5.41, 5.74) is 0.185. The van der Waals surface area contributed by atoms with Gasteiger partial charge in [-0.1, -0.05) is 30.3 Å². The molecular weight excluding hydrogens is 297 g/mol. The van der Waals surface area contributed by atoms with Crippen molar-refractivity contribution in [3.05, 3.63) is 35.9 Å². The number of carbonyl (C=O) groups is 1. The first-order valence-corrected chi connectivity index (χ1v) is 8.13. The van der Waals surface area contributed by atoms with Gasteiger partial charge in [0, 0.05) is 12.6 Å². The minimum absolute atomic E-state index is 0.239. The Morgan fingerprint density at radius 2 is 2.04 bits per heavy atom. The maximum absolute atomic E-state index is 13.8. The van der Waals surface area contributed by atoms with Gasteiger partial charge < -0.3 is 14.7 Å². The van der Waals surface area contributed by atoms with E-state index < -0.39 is 24.0 Å². The standard InChI is InChI=1S/C18H26FNO3/c1-18(2,3)23-17(22)20-10-9-14(19)11-15(20)12-16(21)13-7-5-4-6-8-13/h4-8,14-16,21H,9-12H2,1-3H3/t14-,15-,16+/m1/s1. The van der Waals surface area contributed by atoms with E-state index in [1.807, 2.05) is 30.3 Å². The van der Waals surface area contributed by atoms with Crippen LogP contribution < -0.4 is 0 Å². The molecular formula is C18H26FNO3. The Morgan fingerprint density at radius 1 is 1.39 bits per heavy atom. The molecule has 1 aliphatic heterocycles. The average Bonchev–Trinajstić information content (AvgIpc) is 2.46. The molecule has 4 nitrogen and oxygen atoms in total. The summed E-state index contributed by atoms with van der Waals surface area (Å²) in [6.45, 7) is 5.74. The number of rotatable bonds is 3. The number of carbonyl (C=O) groups excluding carboxylic acids is 1. The van der Waals surface area contributed by atoms with Crippen molar-refractivity contribution in [2.24, 2.45) is 0 Å². The van der Waals surface area contributed by atoms with Gasteiger partial charge in [-0.15, -0.1) is 0 Å². The summed E-state index contributed by atoms with van der Waals surface area (Å²) in [7, 11) is 0. The number of hydrogen-bond donors (Lipinski definition) is 1. The van der Waals surface area contributed by atoms with Crippen LogP contribution in [0.1, 0.15) is 51.7 Å². The second-order valence-electron chi connectivity index (χ2n) is 7.11. The third kappa shape index (κ3) is 5.20. The van der Waals surface area contributed by atoms with Crippen molar-refractivity contribution in [2.75, 3.05) is 6.54 Å². The van der Waals surface area contributed by atoms with Crippen LogP contribution in [0.3, 0.4) is 0 Å². The highest BCUT2D eigenvalue weighted by Gasteiger charge is 2.35. The van der Waals surface area contributed by atoms with Crippen molar-refractivity contribution >= 4 is 6.09 Å². The van der Waals surface area contributed by atoms with E-state index in [1.165, 1.54) is 0 Å². The first-order valence-electron chi connectivity index (χ1n) is 8.13. The van der Waals surface area contributed by atoms with Gasteiger partial charge in [0.25, 0.3) is 0 Å². The highest BCUT2D eigenvalue weighted by atomic mass is 19.1. The molecule has 1 saturated heterocycles. The number of hydrogen-bond acceptors (Lipinski definition) is 3. The molecule has 1 aliphatic rings. The van der Waals surface area contributed by atoms with Gasteiger partial charge in [0.15, 0.2) is 0 Å². The molecule has 0 radical (unpaired) electrons. The third-order valence-corrected chi connectivity index (χ3v) is 3.96. The van der Waals surface area contributed by atoms with Crippen molar-refractivity contribution < 1.29 is 19.0 Å². The van der Waals surface area contributed by atoms with Gasteiger partial charge in [-0.3, -0.25) is 0 Å². The number of ether oxygens (including phenoxy) is 1. The highest BCUT2D eigenvalue weighted by Crippen LogP contribution is 2.29. The van der Waals surface area contributed by atoms with Gasteiger partial charge in [-0.25, -0.2) is 9.18 Å². The monoisotopic (exact) mass is 323 g/mol. The molecule has 1 aromatic rings. The Morgan fingerprint density at radius 3 is 2.65 bits per heavy atom. The summed E-state index contributed by atoms with van der Waals surface area (Å²) >= 11 is 0. The quantitative estimate of drug-likeness (QED) is 0.919. The number of nitrogens with zero attached hydrogens (tertiary/aromatic N) is 1. The zero-order chi connectivity index (χ0) is 17.0. The minimum Gasteiger partial charge on any atom is -0.444 e. The van der Waals surface area contributed by atoms with E-state index in [-0.39, 0.29) is 12.5 Å². The zero-order valence-electron chi connectivity index (χ0n) is 14.0. The number of alkyl halides is 1. The lowest BCUT2D eigenvalue weighted by Crippen LogP contribution is -2.49. The number of benzene rings is 1. The van der Waals surface area contributed by atoms with Crippen molar-refractivity contribution in [3.8, 4) is 0 Å². The smallest absolute Gasteiger partial charge is 0.410 e. The number of halogens is 1. The second kappa shape index (κ2) is 7.30. The Labute approximate surface area is 137 Å². The summed E-state index contributed by atoms with van der Waals surface area (Å²) in [6, 6.07) is 8.88. The lowest BCUT2D eigenvalue weighted by Gasteiger charge is -2.38. The fraction of sp³-hybridized carbons (Fsp3) is 0.611. The molecule has 128 valence electrons. The number of amides is 1. The van der Waals surface area contributed by atoms with Crippen LogP contribution in [0.2, 0.25) is 0 Å². The first-order chi connectivity index (χ1) is 10.8. The maximum Gasteiger partial charge on any atom is 0.410 e. The molecule has 0 saturated carbocycles. The molecule has 1 aromatic carbocycles. The van der Waals surface area contributed by atoms with Crippen LogP contribution in [-0.2, 0) is 4.74 Å². The molecule has 1 heterocycles. The molecule has 1 amide bonds. The first kappa shape index (κ1) is 17.7. The summed E-state index contributed by atoms with van der Waals surface area (Å²) in [5.74, 6) is 0. The van der Waals surface area contributed by atoms with Crippen LogP contribution in [0.15, 0.2) is 30.3 Å². The van der Waals surface area contributed by atoms with Crippen molar-refractivity contribution in [3.63, 3.8) is 0 Å². The fourth-order valence-electron chi connectivity index (χ4n) is 2.86. The summed E-state index contributed by atoms with van der Waals surface area (Å²) < 4.78 is 19.2. The van der Waals surface area contributed by atoms with E-state index >= 15 is 0 Å². The Balaban J connectivity index is 2.07. The molecule has 23 heavy (non-hydrogen) atoms. The minimum atomic E-state index is -0.943. The van der Waals surface area contributed by atoms with Crippen molar-refractivity contribution in [1.82, 2.24) is 4.90 Å². The van der Waals surface area contributed by atoms with Gasteiger partial charge in [-0.2, -0.15) is 0 Å². The topological polar surface area (TPSA) is 49.8 Å². The van der Waals surface area contributed by atoms with Gasteiger partial charge in [-0.05, 0) is 45.6 Å². The summed E-state index contributed by atoms with van der Waals surface area (Å²) in [4.78, 5) is 13.9. The van der Waals surface area contributed by atoms with Crippen molar-refractivity contribution in [1.29, 1.82) is 0 Å². The molecule has 5 heteroatoms. The van der Waals surface area contributed by atoms with Crippen molar-refractivity contribution in [2.45, 2.75) is 64.0 Å². The van der Waals surface area contributed by atoms with E-state index in [9.17, 15) is 14.3 Å². The summed E-state index contributed by atoms with van der Waals surface area (Å²) in [5, 5.41) is 10.4. The van der Waals surface area contributed by atoms with E-state index in [1.54, 1.807) is 25.7 Å². The number of piperidine rings is 1. The normalized spacial score (nSPS) is 23.4. The van der Waals surface area contributed by atoms with E-state index in [2.05, 4.69) is 0 Å². The van der Waals surface area contributed by atoms with Gasteiger partial charge >= 0.3 is 6.09 Å². The van der Waals surface area contributed by atoms with Crippen LogP contribution in [-0.4, -0.2) is 40.5 Å². The Kier molecular flexibility index (Phi) is 5.63. The SMILES string of the molecule is CC(C)(C)OC(=O)N1CC[C@@H](F)C[C@@H]1C[C@H](O)c1ccccc1.